The first-order chi connectivity index (χ1) is 13.0. The van der Waals surface area contributed by atoms with E-state index in [2.05, 4.69) is 6.58 Å². The van der Waals surface area contributed by atoms with E-state index in [0.717, 1.165) is 5.57 Å². The molecule has 1 heterocycles. The van der Waals surface area contributed by atoms with Crippen LogP contribution < -0.4 is 0 Å². The van der Waals surface area contributed by atoms with Crippen molar-refractivity contribution in [1.29, 1.82) is 0 Å². The topological polar surface area (TPSA) is 82.2 Å². The number of epoxide rings is 1. The van der Waals surface area contributed by atoms with Gasteiger partial charge in [0.1, 0.15) is 6.10 Å². The molecule has 2 rings (SSSR count). The number of esters is 2. The van der Waals surface area contributed by atoms with Gasteiger partial charge in [0.25, 0.3) is 0 Å². The third-order valence-electron chi connectivity index (χ3n) is 5.45. The number of Topliss-reactive ketones (excluding diaryl/α,β-unsaturated/α-hetero) is 1. The maximum absolute atomic E-state index is 12.8. The van der Waals surface area contributed by atoms with Crippen molar-refractivity contribution >= 4 is 17.7 Å². The fourth-order valence-corrected chi connectivity index (χ4v) is 3.43. The number of carbonyl (C=O) groups is 3. The maximum atomic E-state index is 12.8. The van der Waals surface area contributed by atoms with Crippen LogP contribution in [0.15, 0.2) is 35.5 Å². The normalized spacial score (nSPS) is 30.0. The summed E-state index contributed by atoms with van der Waals surface area (Å²) in [6, 6.07) is 0. The molecule has 154 valence electrons. The molecule has 0 bridgehead atoms. The summed E-state index contributed by atoms with van der Waals surface area (Å²) in [5.74, 6) is -1.70. The van der Waals surface area contributed by atoms with Gasteiger partial charge in [0, 0.05) is 24.8 Å². The van der Waals surface area contributed by atoms with Crippen LogP contribution >= 0.6 is 0 Å². The maximum Gasteiger partial charge on any atom is 0.333 e. The molecule has 0 spiro atoms. The van der Waals surface area contributed by atoms with Gasteiger partial charge in [-0.1, -0.05) is 24.3 Å². The summed E-state index contributed by atoms with van der Waals surface area (Å²) >= 11 is 0. The lowest BCUT2D eigenvalue weighted by atomic mass is 9.74. The van der Waals surface area contributed by atoms with Crippen LogP contribution in [0.2, 0.25) is 0 Å². The highest BCUT2D eigenvalue weighted by molar-refractivity contribution is 5.96. The number of ketones is 1. The summed E-state index contributed by atoms with van der Waals surface area (Å²) in [5.41, 5.74) is 1.23. The van der Waals surface area contributed by atoms with Gasteiger partial charge in [-0.3, -0.25) is 9.59 Å². The zero-order valence-corrected chi connectivity index (χ0v) is 17.5. The molecule has 2 fully saturated rings. The highest BCUT2D eigenvalue weighted by Gasteiger charge is 2.66. The molecule has 6 nitrogen and oxygen atoms in total. The van der Waals surface area contributed by atoms with Gasteiger partial charge in [-0.25, -0.2) is 4.79 Å². The molecule has 0 N–H and O–H groups in total. The van der Waals surface area contributed by atoms with Crippen molar-refractivity contribution in [2.45, 2.75) is 78.3 Å². The van der Waals surface area contributed by atoms with Crippen LogP contribution in [0.1, 0.15) is 54.4 Å². The lowest BCUT2D eigenvalue weighted by Crippen LogP contribution is -2.48. The molecule has 28 heavy (non-hydrogen) atoms. The van der Waals surface area contributed by atoms with Gasteiger partial charge in [-0.2, -0.15) is 0 Å². The van der Waals surface area contributed by atoms with Gasteiger partial charge in [0.15, 0.2) is 11.7 Å². The third kappa shape index (κ3) is 4.61. The molecule has 0 aromatic rings. The van der Waals surface area contributed by atoms with Gasteiger partial charge in [-0.15, -0.1) is 0 Å². The molecule has 1 aliphatic heterocycles. The molecule has 6 heteroatoms. The third-order valence-corrected chi connectivity index (χ3v) is 5.45. The standard InChI is InChI=1S/C22H30O6/c1-8-13(4)21(25)27-17(10-9-12(2)3)14(5)16-11-18-22(7,28-18)20(24)19(16)26-15(6)23/h8-9,16-19H,5,10-11H2,1-4,6-7H3/b13-8+/t16-,17?,18-,19-,22-/m0/s1. The fourth-order valence-electron chi connectivity index (χ4n) is 3.43. The molecule has 1 saturated heterocycles. The van der Waals surface area contributed by atoms with E-state index in [0.29, 0.717) is 24.0 Å². The monoisotopic (exact) mass is 390 g/mol. The van der Waals surface area contributed by atoms with Crippen molar-refractivity contribution in [2.75, 3.05) is 0 Å². The molecule has 1 unspecified atom stereocenters. The van der Waals surface area contributed by atoms with Crippen LogP contribution in [0, 0.1) is 5.92 Å². The zero-order chi connectivity index (χ0) is 21.2. The molecule has 0 radical (unpaired) electrons. The van der Waals surface area contributed by atoms with Crippen molar-refractivity contribution in [2.24, 2.45) is 5.92 Å². The van der Waals surface area contributed by atoms with Crippen LogP contribution in [0.3, 0.4) is 0 Å². The predicted molar refractivity (Wildman–Crippen MR) is 104 cm³/mol. The van der Waals surface area contributed by atoms with Crippen LogP contribution in [0.25, 0.3) is 0 Å². The summed E-state index contributed by atoms with van der Waals surface area (Å²) in [6.07, 6.45) is 2.72. The number of rotatable bonds is 7. The quantitative estimate of drug-likeness (QED) is 0.287. The molecule has 0 aromatic heterocycles. The average Bonchev–Trinajstić information content (AvgIpc) is 3.30. The number of hydrogen-bond acceptors (Lipinski definition) is 6. The van der Waals surface area contributed by atoms with Crippen molar-refractivity contribution in [3.8, 4) is 0 Å². The summed E-state index contributed by atoms with van der Waals surface area (Å²) in [7, 11) is 0. The molecule has 2 aliphatic rings. The second-order valence-electron chi connectivity index (χ2n) is 7.91. The Balaban J connectivity index is 2.29. The van der Waals surface area contributed by atoms with Crippen molar-refractivity contribution in [3.05, 3.63) is 35.5 Å². The van der Waals surface area contributed by atoms with E-state index in [1.165, 1.54) is 6.92 Å². The number of carbonyl (C=O) groups excluding carboxylic acids is 3. The molecular formula is C22H30O6. The Morgan fingerprint density at radius 1 is 1.32 bits per heavy atom. The smallest absolute Gasteiger partial charge is 0.333 e. The molecule has 1 saturated carbocycles. The minimum atomic E-state index is -0.982. The van der Waals surface area contributed by atoms with E-state index in [4.69, 9.17) is 14.2 Å². The molecule has 1 aliphatic carbocycles. The molecule has 5 atom stereocenters. The Labute approximate surface area is 166 Å². The summed E-state index contributed by atoms with van der Waals surface area (Å²) in [4.78, 5) is 36.8. The Bertz CT molecular complexity index is 742. The Morgan fingerprint density at radius 2 is 1.96 bits per heavy atom. The number of fused-ring (bicyclic) bond motifs is 1. The van der Waals surface area contributed by atoms with Crippen molar-refractivity contribution < 1.29 is 28.6 Å². The zero-order valence-electron chi connectivity index (χ0n) is 17.5. The van der Waals surface area contributed by atoms with Gasteiger partial charge in [-0.05, 0) is 46.6 Å². The first-order valence-corrected chi connectivity index (χ1v) is 9.56. The molecule has 0 amide bonds. The number of ether oxygens (including phenoxy) is 3. The van der Waals surface area contributed by atoms with Gasteiger partial charge in [0.05, 0.1) is 6.10 Å². The second-order valence-corrected chi connectivity index (χ2v) is 7.91. The van der Waals surface area contributed by atoms with E-state index in [-0.39, 0.29) is 11.9 Å². The predicted octanol–water partition coefficient (Wildman–Crippen LogP) is 3.46. The van der Waals surface area contributed by atoms with Gasteiger partial charge < -0.3 is 14.2 Å². The Hall–Kier alpha value is -2.21. The van der Waals surface area contributed by atoms with E-state index in [9.17, 15) is 14.4 Å². The van der Waals surface area contributed by atoms with Gasteiger partial charge >= 0.3 is 11.9 Å². The minimum Gasteiger partial charge on any atom is -0.454 e. The van der Waals surface area contributed by atoms with E-state index >= 15 is 0 Å². The van der Waals surface area contributed by atoms with Crippen LogP contribution in [0.4, 0.5) is 0 Å². The Kier molecular flexibility index (Phi) is 6.65. The highest BCUT2D eigenvalue weighted by Crippen LogP contribution is 2.50. The summed E-state index contributed by atoms with van der Waals surface area (Å²) in [5, 5.41) is 0. The fraction of sp³-hybridized carbons (Fsp3) is 0.591. The number of allylic oxidation sites excluding steroid dienone is 2. The highest BCUT2D eigenvalue weighted by atomic mass is 16.6. The SMILES string of the molecule is C=C(C(CC=C(C)C)OC(=O)/C(C)=C/C)[C@@H]1C[C@@H]2O[C@]2(C)C(=O)[C@H]1OC(C)=O. The largest absolute Gasteiger partial charge is 0.454 e. The van der Waals surface area contributed by atoms with Crippen LogP contribution in [-0.4, -0.2) is 41.6 Å². The van der Waals surface area contributed by atoms with Gasteiger partial charge in [0.2, 0.25) is 5.78 Å². The first-order valence-electron chi connectivity index (χ1n) is 9.56. The first kappa shape index (κ1) is 22.1. The lowest BCUT2D eigenvalue weighted by molar-refractivity contribution is -0.159. The van der Waals surface area contributed by atoms with Crippen LogP contribution in [0.5, 0.6) is 0 Å². The molecular weight excluding hydrogens is 360 g/mol. The summed E-state index contributed by atoms with van der Waals surface area (Å²) < 4.78 is 16.6. The van der Waals surface area contributed by atoms with E-state index < -0.39 is 35.7 Å². The second kappa shape index (κ2) is 8.43. The van der Waals surface area contributed by atoms with Crippen LogP contribution in [-0.2, 0) is 28.6 Å². The number of hydrogen-bond donors (Lipinski definition) is 0. The van der Waals surface area contributed by atoms with E-state index in [1.807, 2.05) is 19.9 Å². The van der Waals surface area contributed by atoms with Crippen molar-refractivity contribution in [3.63, 3.8) is 0 Å². The summed E-state index contributed by atoms with van der Waals surface area (Å²) in [6.45, 7) is 14.5. The lowest BCUT2D eigenvalue weighted by Gasteiger charge is -2.34. The van der Waals surface area contributed by atoms with Crippen molar-refractivity contribution in [1.82, 2.24) is 0 Å². The average molecular weight is 390 g/mol. The molecule has 0 aromatic carbocycles. The Morgan fingerprint density at radius 3 is 2.50 bits per heavy atom. The van der Waals surface area contributed by atoms with E-state index in [1.54, 1.807) is 26.8 Å². The minimum absolute atomic E-state index is 0.231.